The number of rotatable bonds is 5. The first kappa shape index (κ1) is 22.5. The van der Waals surface area contributed by atoms with Crippen molar-refractivity contribution in [2.75, 3.05) is 12.0 Å². The fourth-order valence-corrected chi connectivity index (χ4v) is 3.36. The van der Waals surface area contributed by atoms with Crippen LogP contribution in [0, 0.1) is 6.92 Å². The van der Waals surface area contributed by atoms with Crippen LogP contribution in [0.1, 0.15) is 21.5 Å². The minimum absolute atomic E-state index is 0.208. The van der Waals surface area contributed by atoms with Crippen molar-refractivity contribution in [2.45, 2.75) is 6.92 Å². The van der Waals surface area contributed by atoms with Gasteiger partial charge in [0.2, 0.25) is 0 Å². The minimum atomic E-state index is -0.837. The van der Waals surface area contributed by atoms with Gasteiger partial charge >= 0.3 is 12.0 Å². The molecule has 1 aliphatic rings. The topological polar surface area (TPSA) is 102 Å². The summed E-state index contributed by atoms with van der Waals surface area (Å²) in [5, 5.41) is 2.18. The molecule has 1 N–H and O–H groups in total. The summed E-state index contributed by atoms with van der Waals surface area (Å²) >= 11 is 0. The standard InChI is InChI=1S/C26H20N2O6/c1-16-4-3-5-18(14-16)25(31)34-21-10-6-17(7-11-21)15-22-23(29)27-26(32)28(24(22)30)19-8-12-20(33-2)13-9-19/h3-15H,1-2H3,(H,27,29,32). The molecule has 0 unspecified atom stereocenters. The number of carbonyl (C=O) groups excluding carboxylic acids is 4. The molecule has 1 fully saturated rings. The maximum atomic E-state index is 13.0. The van der Waals surface area contributed by atoms with Gasteiger partial charge < -0.3 is 9.47 Å². The van der Waals surface area contributed by atoms with Crippen LogP contribution in [0.25, 0.3) is 6.08 Å². The van der Waals surface area contributed by atoms with Crippen molar-refractivity contribution in [1.29, 1.82) is 0 Å². The lowest BCUT2D eigenvalue weighted by atomic mass is 10.1. The quantitative estimate of drug-likeness (QED) is 0.271. The average Bonchev–Trinajstić information content (AvgIpc) is 2.83. The maximum Gasteiger partial charge on any atom is 0.343 e. The van der Waals surface area contributed by atoms with Gasteiger partial charge in [0.15, 0.2) is 0 Å². The largest absolute Gasteiger partial charge is 0.497 e. The van der Waals surface area contributed by atoms with Crippen molar-refractivity contribution in [3.05, 3.63) is 95.1 Å². The molecule has 0 radical (unpaired) electrons. The van der Waals surface area contributed by atoms with Crippen LogP contribution < -0.4 is 19.7 Å². The summed E-state index contributed by atoms with van der Waals surface area (Å²) in [6.07, 6.45) is 1.37. The molecular formula is C26H20N2O6. The molecule has 0 bridgehead atoms. The summed E-state index contributed by atoms with van der Waals surface area (Å²) in [6, 6.07) is 18.8. The first-order valence-electron chi connectivity index (χ1n) is 10.3. The number of nitrogens with zero attached hydrogens (tertiary/aromatic N) is 1. The molecule has 34 heavy (non-hydrogen) atoms. The Hall–Kier alpha value is -4.72. The third kappa shape index (κ3) is 4.71. The molecular weight excluding hydrogens is 436 g/mol. The van der Waals surface area contributed by atoms with E-state index < -0.39 is 23.8 Å². The van der Waals surface area contributed by atoms with Gasteiger partial charge in [0.05, 0.1) is 18.4 Å². The number of methoxy groups -OCH3 is 1. The molecule has 4 amide bonds. The van der Waals surface area contributed by atoms with Gasteiger partial charge in [-0.05, 0) is 67.1 Å². The van der Waals surface area contributed by atoms with Crippen LogP contribution in [-0.4, -0.2) is 30.9 Å². The number of ether oxygens (including phenoxy) is 2. The predicted molar refractivity (Wildman–Crippen MR) is 125 cm³/mol. The molecule has 0 saturated carbocycles. The van der Waals surface area contributed by atoms with Crippen LogP contribution in [-0.2, 0) is 9.59 Å². The Labute approximate surface area is 195 Å². The van der Waals surface area contributed by atoms with Crippen molar-refractivity contribution >= 4 is 35.6 Å². The summed E-state index contributed by atoms with van der Waals surface area (Å²) in [7, 11) is 1.50. The Balaban J connectivity index is 1.53. The smallest absolute Gasteiger partial charge is 0.343 e. The van der Waals surface area contributed by atoms with E-state index in [2.05, 4.69) is 5.32 Å². The zero-order valence-electron chi connectivity index (χ0n) is 18.4. The van der Waals surface area contributed by atoms with Crippen molar-refractivity contribution in [1.82, 2.24) is 5.32 Å². The number of urea groups is 1. The maximum absolute atomic E-state index is 13.0. The van der Waals surface area contributed by atoms with Gasteiger partial charge in [-0.3, -0.25) is 14.9 Å². The molecule has 1 saturated heterocycles. The lowest BCUT2D eigenvalue weighted by Crippen LogP contribution is -2.54. The van der Waals surface area contributed by atoms with E-state index in [0.717, 1.165) is 10.5 Å². The van der Waals surface area contributed by atoms with Gasteiger partial charge in [0.1, 0.15) is 17.1 Å². The summed E-state index contributed by atoms with van der Waals surface area (Å²) in [6.45, 7) is 1.88. The van der Waals surface area contributed by atoms with Gasteiger partial charge in [-0.1, -0.05) is 29.8 Å². The summed E-state index contributed by atoms with van der Waals surface area (Å²) in [5.41, 5.74) is 1.96. The van der Waals surface area contributed by atoms with Crippen molar-refractivity contribution in [3.63, 3.8) is 0 Å². The Morgan fingerprint density at radius 2 is 1.59 bits per heavy atom. The van der Waals surface area contributed by atoms with E-state index in [0.29, 0.717) is 28.3 Å². The highest BCUT2D eigenvalue weighted by Crippen LogP contribution is 2.25. The van der Waals surface area contributed by atoms with Crippen LogP contribution in [0.5, 0.6) is 11.5 Å². The van der Waals surface area contributed by atoms with E-state index in [1.807, 2.05) is 13.0 Å². The highest BCUT2D eigenvalue weighted by molar-refractivity contribution is 6.39. The molecule has 0 spiro atoms. The molecule has 3 aromatic rings. The van der Waals surface area contributed by atoms with Crippen LogP contribution in [0.4, 0.5) is 10.5 Å². The number of hydrogen-bond acceptors (Lipinski definition) is 6. The first-order valence-corrected chi connectivity index (χ1v) is 10.3. The van der Waals surface area contributed by atoms with Crippen LogP contribution in [0.3, 0.4) is 0 Å². The molecule has 1 heterocycles. The van der Waals surface area contributed by atoms with E-state index in [4.69, 9.17) is 9.47 Å². The number of anilines is 1. The lowest BCUT2D eigenvalue weighted by molar-refractivity contribution is -0.122. The molecule has 8 heteroatoms. The minimum Gasteiger partial charge on any atom is -0.497 e. The third-order valence-corrected chi connectivity index (χ3v) is 5.09. The van der Waals surface area contributed by atoms with Crippen LogP contribution >= 0.6 is 0 Å². The Morgan fingerprint density at radius 1 is 0.912 bits per heavy atom. The fourth-order valence-electron chi connectivity index (χ4n) is 3.36. The second-order valence-electron chi connectivity index (χ2n) is 7.48. The number of hydrogen-bond donors (Lipinski definition) is 1. The Kier molecular flexibility index (Phi) is 6.22. The number of amides is 4. The zero-order valence-corrected chi connectivity index (χ0v) is 18.4. The summed E-state index contributed by atoms with van der Waals surface area (Å²) < 4.78 is 10.5. The fraction of sp³-hybridized carbons (Fsp3) is 0.0769. The highest BCUT2D eigenvalue weighted by atomic mass is 16.5. The van der Waals surface area contributed by atoms with E-state index in [9.17, 15) is 19.2 Å². The normalized spacial score (nSPS) is 14.7. The molecule has 4 rings (SSSR count). The van der Waals surface area contributed by atoms with Gasteiger partial charge in [-0.25, -0.2) is 14.5 Å². The number of aryl methyl sites for hydroxylation is 1. The van der Waals surface area contributed by atoms with Crippen LogP contribution in [0.15, 0.2) is 78.4 Å². The van der Waals surface area contributed by atoms with E-state index in [-0.39, 0.29) is 5.57 Å². The second kappa shape index (κ2) is 9.41. The molecule has 0 aliphatic carbocycles. The Morgan fingerprint density at radius 3 is 2.24 bits per heavy atom. The molecule has 1 aliphatic heterocycles. The number of nitrogens with one attached hydrogen (secondary N) is 1. The average molecular weight is 456 g/mol. The van der Waals surface area contributed by atoms with Crippen LogP contribution in [0.2, 0.25) is 0 Å². The lowest BCUT2D eigenvalue weighted by Gasteiger charge is -2.26. The van der Waals surface area contributed by atoms with Crippen molar-refractivity contribution < 1.29 is 28.7 Å². The number of benzene rings is 3. The van der Waals surface area contributed by atoms with Crippen molar-refractivity contribution in [2.24, 2.45) is 0 Å². The third-order valence-electron chi connectivity index (χ3n) is 5.09. The van der Waals surface area contributed by atoms with Crippen molar-refractivity contribution in [3.8, 4) is 11.5 Å². The number of imide groups is 2. The predicted octanol–water partition coefficient (Wildman–Crippen LogP) is 3.89. The molecule has 170 valence electrons. The molecule has 3 aromatic carbocycles. The molecule has 0 atom stereocenters. The second-order valence-corrected chi connectivity index (χ2v) is 7.48. The van der Waals surface area contributed by atoms with Gasteiger partial charge in [0.25, 0.3) is 11.8 Å². The highest BCUT2D eigenvalue weighted by Gasteiger charge is 2.36. The monoisotopic (exact) mass is 456 g/mol. The van der Waals surface area contributed by atoms with E-state index in [1.165, 1.54) is 13.2 Å². The number of barbiturate groups is 1. The SMILES string of the molecule is COc1ccc(N2C(=O)NC(=O)C(=Cc3ccc(OC(=O)c4cccc(C)c4)cc3)C2=O)cc1. The van der Waals surface area contributed by atoms with E-state index >= 15 is 0 Å². The summed E-state index contributed by atoms with van der Waals surface area (Å²) in [4.78, 5) is 50.9. The number of carbonyl (C=O) groups is 4. The zero-order chi connectivity index (χ0) is 24.2. The number of esters is 1. The molecule has 8 nitrogen and oxygen atoms in total. The molecule has 0 aromatic heterocycles. The summed E-state index contributed by atoms with van der Waals surface area (Å²) in [5.74, 6) is -1.18. The first-order chi connectivity index (χ1) is 16.4. The van der Waals surface area contributed by atoms with Gasteiger partial charge in [-0.15, -0.1) is 0 Å². The Bertz CT molecular complexity index is 1310. The van der Waals surface area contributed by atoms with E-state index in [1.54, 1.807) is 66.7 Å². The van der Waals surface area contributed by atoms with Gasteiger partial charge in [0, 0.05) is 0 Å². The van der Waals surface area contributed by atoms with Gasteiger partial charge in [-0.2, -0.15) is 0 Å².